The highest BCUT2D eigenvalue weighted by Crippen LogP contribution is 2.26. The Labute approximate surface area is 189 Å². The van der Waals surface area contributed by atoms with Gasteiger partial charge in [0.15, 0.2) is 0 Å². The molecule has 2 aromatic rings. The fourth-order valence-electron chi connectivity index (χ4n) is 4.03. The van der Waals surface area contributed by atoms with E-state index in [1.165, 1.54) is 7.11 Å². The number of hydrogen-bond acceptors (Lipinski definition) is 3. The number of carbonyl (C=O) groups excluding carboxylic acids is 2. The van der Waals surface area contributed by atoms with Gasteiger partial charge in [0.2, 0.25) is 0 Å². The van der Waals surface area contributed by atoms with Crippen molar-refractivity contribution < 1.29 is 14.3 Å². The first-order valence-electron chi connectivity index (χ1n) is 11.0. The molecule has 0 aromatic heterocycles. The summed E-state index contributed by atoms with van der Waals surface area (Å²) >= 11 is 6.32. The van der Waals surface area contributed by atoms with Crippen LogP contribution in [0.2, 0.25) is 5.02 Å². The van der Waals surface area contributed by atoms with Gasteiger partial charge in [-0.25, -0.2) is 0 Å². The van der Waals surface area contributed by atoms with Gasteiger partial charge in [-0.3, -0.25) is 9.59 Å². The lowest BCUT2D eigenvalue weighted by Crippen LogP contribution is -2.37. The molecule has 0 saturated heterocycles. The van der Waals surface area contributed by atoms with Crippen LogP contribution in [0, 0.1) is 0 Å². The van der Waals surface area contributed by atoms with E-state index in [1.54, 1.807) is 12.1 Å². The van der Waals surface area contributed by atoms with Gasteiger partial charge in [-0.15, -0.1) is 0 Å². The van der Waals surface area contributed by atoms with E-state index in [0.29, 0.717) is 30.2 Å². The monoisotopic (exact) mass is 442 g/mol. The Morgan fingerprint density at radius 2 is 1.55 bits per heavy atom. The summed E-state index contributed by atoms with van der Waals surface area (Å²) < 4.78 is 5.12. The first-order chi connectivity index (χ1) is 15.1. The maximum absolute atomic E-state index is 13.4. The third kappa shape index (κ3) is 6.31. The minimum Gasteiger partial charge on any atom is -0.375 e. The van der Waals surface area contributed by atoms with Gasteiger partial charge in [0.1, 0.15) is 6.61 Å². The number of carbonyl (C=O) groups is 2. The molecular formula is C25H31ClN2O3. The van der Waals surface area contributed by atoms with Crippen LogP contribution in [0.4, 0.5) is 5.69 Å². The summed E-state index contributed by atoms with van der Waals surface area (Å²) in [6.45, 7) is 1.77. The average molecular weight is 443 g/mol. The number of para-hydroxylation sites is 1. The van der Waals surface area contributed by atoms with Crippen LogP contribution in [-0.4, -0.2) is 43.5 Å². The number of nitrogens with zero attached hydrogens (tertiary/aromatic N) is 2. The fraction of sp³-hybridized carbons (Fsp3) is 0.440. The Morgan fingerprint density at radius 1 is 0.903 bits per heavy atom. The predicted molar refractivity (Wildman–Crippen MR) is 125 cm³/mol. The molecule has 0 bridgehead atoms. The standard InChI is InChI=1S/C25H31ClN2O3/c1-31-19-24(29)28-17-11-5-3-2-4-10-16-27(18-20-12-6-9-15-23(20)28)25(30)21-13-7-8-14-22(21)26/h6-9,12-15H,2-5,10-11,16-19H2,1H3. The molecule has 31 heavy (non-hydrogen) atoms. The second-order valence-corrected chi connectivity index (χ2v) is 8.34. The molecule has 3 rings (SSSR count). The Hall–Kier alpha value is -2.37. The third-order valence-electron chi connectivity index (χ3n) is 5.66. The number of benzene rings is 2. The van der Waals surface area contributed by atoms with Crippen molar-refractivity contribution in [2.75, 3.05) is 31.7 Å². The summed E-state index contributed by atoms with van der Waals surface area (Å²) in [4.78, 5) is 29.9. The number of ether oxygens (including phenoxy) is 1. The molecule has 0 saturated carbocycles. The smallest absolute Gasteiger partial charge is 0.255 e. The van der Waals surface area contributed by atoms with Crippen LogP contribution >= 0.6 is 11.6 Å². The number of rotatable bonds is 3. The number of fused-ring (bicyclic) bond motifs is 1. The molecule has 166 valence electrons. The van der Waals surface area contributed by atoms with Gasteiger partial charge in [0.25, 0.3) is 11.8 Å². The lowest BCUT2D eigenvalue weighted by molar-refractivity contribution is -0.122. The lowest BCUT2D eigenvalue weighted by atomic mass is 10.1. The van der Waals surface area contributed by atoms with E-state index in [4.69, 9.17) is 16.3 Å². The second-order valence-electron chi connectivity index (χ2n) is 7.93. The number of amides is 2. The molecular weight excluding hydrogens is 412 g/mol. The Morgan fingerprint density at radius 3 is 2.29 bits per heavy atom. The number of hydrogen-bond donors (Lipinski definition) is 0. The zero-order valence-corrected chi connectivity index (χ0v) is 18.9. The van der Waals surface area contributed by atoms with Gasteiger partial charge in [0.05, 0.1) is 10.6 Å². The summed E-state index contributed by atoms with van der Waals surface area (Å²) in [5.41, 5.74) is 2.31. The van der Waals surface area contributed by atoms with Crippen LogP contribution in [0.3, 0.4) is 0 Å². The summed E-state index contributed by atoms with van der Waals surface area (Å²) in [6.07, 6.45) is 6.33. The SMILES string of the molecule is COCC(=O)N1CCCCCCCCN(C(=O)c2ccccc2Cl)Cc2ccccc21. The lowest BCUT2D eigenvalue weighted by Gasteiger charge is -2.28. The van der Waals surface area contributed by atoms with Crippen LogP contribution in [-0.2, 0) is 16.1 Å². The minimum atomic E-state index is -0.0787. The molecule has 0 fully saturated rings. The maximum Gasteiger partial charge on any atom is 0.255 e. The van der Waals surface area contributed by atoms with Crippen LogP contribution in [0.5, 0.6) is 0 Å². The molecule has 5 nitrogen and oxygen atoms in total. The topological polar surface area (TPSA) is 49.9 Å². The Bertz CT molecular complexity index is 887. The van der Waals surface area contributed by atoms with Crippen molar-refractivity contribution in [1.82, 2.24) is 4.90 Å². The van der Waals surface area contributed by atoms with Gasteiger partial charge in [-0.1, -0.05) is 67.6 Å². The van der Waals surface area contributed by atoms with Crippen molar-refractivity contribution in [2.45, 2.75) is 45.1 Å². The molecule has 1 aliphatic heterocycles. The zero-order valence-electron chi connectivity index (χ0n) is 18.2. The van der Waals surface area contributed by atoms with E-state index in [9.17, 15) is 9.59 Å². The highest BCUT2D eigenvalue weighted by atomic mass is 35.5. The summed E-state index contributed by atoms with van der Waals surface area (Å²) in [5.74, 6) is -0.140. The van der Waals surface area contributed by atoms with Gasteiger partial charge in [0, 0.05) is 32.4 Å². The highest BCUT2D eigenvalue weighted by Gasteiger charge is 2.23. The Kier molecular flexibility index (Phi) is 8.92. The van der Waals surface area contributed by atoms with Gasteiger partial charge in [-0.05, 0) is 36.6 Å². The third-order valence-corrected chi connectivity index (χ3v) is 5.99. The second kappa shape index (κ2) is 11.9. The summed E-state index contributed by atoms with van der Waals surface area (Å²) in [5, 5.41) is 0.459. The van der Waals surface area contributed by atoms with Gasteiger partial charge in [-0.2, -0.15) is 0 Å². The van der Waals surface area contributed by atoms with Crippen molar-refractivity contribution in [3.8, 4) is 0 Å². The van der Waals surface area contributed by atoms with Crippen molar-refractivity contribution in [1.29, 1.82) is 0 Å². The van der Waals surface area contributed by atoms with Crippen molar-refractivity contribution in [2.24, 2.45) is 0 Å². The molecule has 0 radical (unpaired) electrons. The molecule has 1 heterocycles. The molecule has 0 N–H and O–H groups in total. The molecule has 0 atom stereocenters. The van der Waals surface area contributed by atoms with Crippen LogP contribution in [0.1, 0.15) is 54.4 Å². The molecule has 0 spiro atoms. The maximum atomic E-state index is 13.4. The predicted octanol–water partition coefficient (Wildman–Crippen LogP) is 5.32. The average Bonchev–Trinajstić information content (AvgIpc) is 2.79. The summed E-state index contributed by atoms with van der Waals surface area (Å²) in [6, 6.07) is 15.0. The van der Waals surface area contributed by atoms with E-state index in [-0.39, 0.29) is 18.4 Å². The first kappa shape index (κ1) is 23.3. The molecule has 6 heteroatoms. The van der Waals surface area contributed by atoms with Crippen LogP contribution in [0.15, 0.2) is 48.5 Å². The first-order valence-corrected chi connectivity index (χ1v) is 11.4. The zero-order chi connectivity index (χ0) is 22.1. The van der Waals surface area contributed by atoms with E-state index in [2.05, 4.69) is 0 Å². The largest absolute Gasteiger partial charge is 0.375 e. The minimum absolute atomic E-state index is 0.0383. The molecule has 0 unspecified atom stereocenters. The number of methoxy groups -OCH3 is 1. The van der Waals surface area contributed by atoms with E-state index in [0.717, 1.165) is 49.8 Å². The van der Waals surface area contributed by atoms with E-state index in [1.807, 2.05) is 46.2 Å². The van der Waals surface area contributed by atoms with Crippen molar-refractivity contribution in [3.05, 3.63) is 64.7 Å². The molecule has 2 aromatic carbocycles. The quantitative estimate of drug-likeness (QED) is 0.646. The number of halogens is 1. The van der Waals surface area contributed by atoms with Crippen molar-refractivity contribution in [3.63, 3.8) is 0 Å². The van der Waals surface area contributed by atoms with E-state index >= 15 is 0 Å². The van der Waals surface area contributed by atoms with Crippen LogP contribution < -0.4 is 4.90 Å². The molecule has 2 amide bonds. The highest BCUT2D eigenvalue weighted by molar-refractivity contribution is 6.33. The molecule has 1 aliphatic rings. The van der Waals surface area contributed by atoms with Crippen LogP contribution in [0.25, 0.3) is 0 Å². The fourth-order valence-corrected chi connectivity index (χ4v) is 4.25. The van der Waals surface area contributed by atoms with Crippen molar-refractivity contribution >= 4 is 29.1 Å². The Balaban J connectivity index is 1.95. The summed E-state index contributed by atoms with van der Waals surface area (Å²) in [7, 11) is 1.54. The molecule has 0 aliphatic carbocycles. The van der Waals surface area contributed by atoms with Gasteiger partial charge >= 0.3 is 0 Å². The van der Waals surface area contributed by atoms with Gasteiger partial charge < -0.3 is 14.5 Å². The number of anilines is 1. The normalized spacial score (nSPS) is 15.9. The van der Waals surface area contributed by atoms with E-state index < -0.39 is 0 Å².